The molecule has 2 heterocycles. The van der Waals surface area contributed by atoms with Crippen LogP contribution in [0.5, 0.6) is 0 Å². The summed E-state index contributed by atoms with van der Waals surface area (Å²) in [6.45, 7) is 3.70. The molecule has 2 N–H and O–H groups in total. The normalized spacial score (nSPS) is 11.7. The van der Waals surface area contributed by atoms with E-state index in [4.69, 9.17) is 4.52 Å². The van der Waals surface area contributed by atoms with Gasteiger partial charge < -0.3 is 15.2 Å². The first kappa shape index (κ1) is 22.8. The van der Waals surface area contributed by atoms with E-state index >= 15 is 0 Å². The van der Waals surface area contributed by atoms with E-state index in [1.54, 1.807) is 30.6 Å². The lowest BCUT2D eigenvalue weighted by atomic mass is 10.0. The van der Waals surface area contributed by atoms with E-state index in [9.17, 15) is 9.59 Å². The number of hydrogen-bond donors (Lipinski definition) is 2. The molecular weight excluding hydrogens is 430 g/mol. The minimum absolute atomic E-state index is 0.00705. The second-order valence-electron chi connectivity index (χ2n) is 8.11. The van der Waals surface area contributed by atoms with Crippen molar-refractivity contribution in [3.63, 3.8) is 0 Å². The maximum Gasteiger partial charge on any atom is 0.251 e. The first-order valence-corrected chi connectivity index (χ1v) is 11.0. The van der Waals surface area contributed by atoms with Crippen molar-refractivity contribution in [3.05, 3.63) is 90.6 Å². The molecule has 4 rings (SSSR count). The van der Waals surface area contributed by atoms with Crippen LogP contribution in [-0.4, -0.2) is 33.5 Å². The quantitative estimate of drug-likeness (QED) is 0.415. The molecule has 0 fully saturated rings. The molecule has 2 aromatic heterocycles. The summed E-state index contributed by atoms with van der Waals surface area (Å²) in [5.74, 6) is 0.00857. The van der Waals surface area contributed by atoms with Crippen molar-refractivity contribution in [2.45, 2.75) is 19.9 Å². The summed E-state index contributed by atoms with van der Waals surface area (Å²) in [4.78, 5) is 33.5. The molecule has 4 aromatic rings. The van der Waals surface area contributed by atoms with E-state index in [1.807, 2.05) is 62.4 Å². The van der Waals surface area contributed by atoms with Gasteiger partial charge in [-0.2, -0.15) is 4.98 Å². The van der Waals surface area contributed by atoms with Crippen molar-refractivity contribution in [1.82, 2.24) is 25.8 Å². The molecule has 172 valence electrons. The second-order valence-corrected chi connectivity index (χ2v) is 8.11. The number of carbonyl (C=O) groups is 2. The molecule has 0 saturated heterocycles. The maximum atomic E-state index is 12.6. The fourth-order valence-electron chi connectivity index (χ4n) is 3.42. The topological polar surface area (TPSA) is 110 Å². The number of hydrogen-bond acceptors (Lipinski definition) is 6. The molecule has 8 nitrogen and oxygen atoms in total. The highest BCUT2D eigenvalue weighted by Crippen LogP contribution is 2.23. The van der Waals surface area contributed by atoms with E-state index in [1.165, 1.54) is 0 Å². The largest absolute Gasteiger partial charge is 0.343 e. The zero-order valence-corrected chi connectivity index (χ0v) is 18.9. The Hall–Kier alpha value is -4.33. The Kier molecular flexibility index (Phi) is 7.07. The number of nitrogens with one attached hydrogen (secondary N) is 2. The van der Waals surface area contributed by atoms with Crippen LogP contribution in [0.1, 0.15) is 36.1 Å². The van der Waals surface area contributed by atoms with Gasteiger partial charge in [-0.1, -0.05) is 61.5 Å². The fraction of sp³-hybridized carbons (Fsp3) is 0.192. The Morgan fingerprint density at radius 3 is 2.29 bits per heavy atom. The molecule has 0 aliphatic heterocycles. The van der Waals surface area contributed by atoms with Crippen LogP contribution in [0, 0.1) is 5.92 Å². The summed E-state index contributed by atoms with van der Waals surface area (Å²) in [6, 6.07) is 20.3. The van der Waals surface area contributed by atoms with Gasteiger partial charge in [0.25, 0.3) is 5.91 Å². The molecule has 0 radical (unpaired) electrons. The van der Waals surface area contributed by atoms with E-state index in [0.717, 1.165) is 16.7 Å². The molecule has 2 aromatic carbocycles. The van der Waals surface area contributed by atoms with Crippen molar-refractivity contribution in [1.29, 1.82) is 0 Å². The second kappa shape index (κ2) is 10.5. The minimum Gasteiger partial charge on any atom is -0.343 e. The third-order valence-corrected chi connectivity index (χ3v) is 5.27. The predicted octanol–water partition coefficient (Wildman–Crippen LogP) is 4.04. The molecule has 8 heteroatoms. The van der Waals surface area contributed by atoms with Crippen molar-refractivity contribution in [3.8, 4) is 22.5 Å². The molecule has 0 aliphatic rings. The molecular formula is C26H25N5O3. The summed E-state index contributed by atoms with van der Waals surface area (Å²) < 4.78 is 5.40. The molecule has 1 atom stereocenters. The van der Waals surface area contributed by atoms with E-state index < -0.39 is 6.04 Å². The van der Waals surface area contributed by atoms with Gasteiger partial charge in [0.05, 0.1) is 6.54 Å². The van der Waals surface area contributed by atoms with Crippen molar-refractivity contribution >= 4 is 11.8 Å². The molecule has 0 spiro atoms. The van der Waals surface area contributed by atoms with E-state index in [0.29, 0.717) is 17.3 Å². The zero-order valence-electron chi connectivity index (χ0n) is 18.9. The summed E-state index contributed by atoms with van der Waals surface area (Å²) >= 11 is 0. The summed E-state index contributed by atoms with van der Waals surface area (Å²) in [5, 5.41) is 9.52. The number of benzene rings is 2. The molecule has 0 aliphatic carbocycles. The van der Waals surface area contributed by atoms with Gasteiger partial charge >= 0.3 is 0 Å². The van der Waals surface area contributed by atoms with Gasteiger partial charge in [-0.25, -0.2) is 0 Å². The molecule has 34 heavy (non-hydrogen) atoms. The highest BCUT2D eigenvalue weighted by Gasteiger charge is 2.25. The molecule has 1 unspecified atom stereocenters. The average Bonchev–Trinajstić information content (AvgIpc) is 3.37. The van der Waals surface area contributed by atoms with Gasteiger partial charge in [0, 0.05) is 23.5 Å². The van der Waals surface area contributed by atoms with Gasteiger partial charge in [-0.15, -0.1) is 0 Å². The molecule has 0 bridgehead atoms. The fourth-order valence-corrected chi connectivity index (χ4v) is 3.42. The van der Waals surface area contributed by atoms with Crippen LogP contribution < -0.4 is 10.6 Å². The van der Waals surface area contributed by atoms with Crippen LogP contribution in [0.2, 0.25) is 0 Å². The monoisotopic (exact) mass is 455 g/mol. The van der Waals surface area contributed by atoms with Crippen LogP contribution in [0.3, 0.4) is 0 Å². The summed E-state index contributed by atoms with van der Waals surface area (Å²) in [7, 11) is 0. The maximum absolute atomic E-state index is 12.6. The summed E-state index contributed by atoms with van der Waals surface area (Å²) in [5.41, 5.74) is 3.28. The number of rotatable bonds is 8. The van der Waals surface area contributed by atoms with Crippen LogP contribution in [0.15, 0.2) is 83.6 Å². The summed E-state index contributed by atoms with van der Waals surface area (Å²) in [6.07, 6.45) is 3.30. The highest BCUT2D eigenvalue weighted by molar-refractivity contribution is 5.96. The lowest BCUT2D eigenvalue weighted by Gasteiger charge is -2.18. The van der Waals surface area contributed by atoms with Crippen LogP contribution in [-0.2, 0) is 4.79 Å². The van der Waals surface area contributed by atoms with Gasteiger partial charge in [0.1, 0.15) is 6.04 Å². The standard InChI is InChI=1S/C26H25N5O3/c1-17(2)23(26-30-24(31-34-26)21-9-6-14-27-15-21)29-22(32)16-28-25(33)20-12-10-19(11-13-20)18-7-4-3-5-8-18/h3-15,17,23H,16H2,1-2H3,(H,28,33)(H,29,32). The first-order valence-electron chi connectivity index (χ1n) is 11.0. The number of carbonyl (C=O) groups excluding carboxylic acids is 2. The van der Waals surface area contributed by atoms with Crippen LogP contribution in [0.25, 0.3) is 22.5 Å². The number of aromatic nitrogens is 3. The number of pyridine rings is 1. The minimum atomic E-state index is -0.493. The van der Waals surface area contributed by atoms with Crippen molar-refractivity contribution in [2.24, 2.45) is 5.92 Å². The Morgan fingerprint density at radius 2 is 1.62 bits per heavy atom. The van der Waals surface area contributed by atoms with E-state index in [2.05, 4.69) is 25.8 Å². The Balaban J connectivity index is 1.35. The highest BCUT2D eigenvalue weighted by atomic mass is 16.5. The number of amides is 2. The smallest absolute Gasteiger partial charge is 0.251 e. The van der Waals surface area contributed by atoms with Gasteiger partial charge in [-0.3, -0.25) is 14.6 Å². The van der Waals surface area contributed by atoms with Crippen LogP contribution in [0.4, 0.5) is 0 Å². The Morgan fingerprint density at radius 1 is 0.912 bits per heavy atom. The third-order valence-electron chi connectivity index (χ3n) is 5.27. The lowest BCUT2D eigenvalue weighted by molar-refractivity contribution is -0.121. The van der Waals surface area contributed by atoms with Gasteiger partial charge in [-0.05, 0) is 41.3 Å². The Bertz CT molecular complexity index is 1240. The predicted molar refractivity (Wildman–Crippen MR) is 127 cm³/mol. The average molecular weight is 456 g/mol. The van der Waals surface area contributed by atoms with Crippen molar-refractivity contribution in [2.75, 3.05) is 6.54 Å². The van der Waals surface area contributed by atoms with Gasteiger partial charge in [0.2, 0.25) is 17.6 Å². The Labute approximate surface area is 197 Å². The van der Waals surface area contributed by atoms with E-state index in [-0.39, 0.29) is 24.3 Å². The van der Waals surface area contributed by atoms with Gasteiger partial charge in [0.15, 0.2) is 0 Å². The van der Waals surface area contributed by atoms with Crippen molar-refractivity contribution < 1.29 is 14.1 Å². The lowest BCUT2D eigenvalue weighted by Crippen LogP contribution is -2.40. The SMILES string of the molecule is CC(C)C(NC(=O)CNC(=O)c1ccc(-c2ccccc2)cc1)c1nc(-c2cccnc2)no1. The zero-order chi connectivity index (χ0) is 23.9. The number of nitrogens with zero attached hydrogens (tertiary/aromatic N) is 3. The van der Waals surface area contributed by atoms with Crippen LogP contribution >= 0.6 is 0 Å². The molecule has 0 saturated carbocycles. The molecule has 2 amide bonds. The third kappa shape index (κ3) is 5.53. The first-order chi connectivity index (χ1) is 16.5.